The van der Waals surface area contributed by atoms with E-state index in [2.05, 4.69) is 12.2 Å². The molecule has 0 aliphatic carbocycles. The maximum Gasteiger partial charge on any atom is 0.304 e. The van der Waals surface area contributed by atoms with Gasteiger partial charge in [0.1, 0.15) is 0 Å². The third-order valence-corrected chi connectivity index (χ3v) is 2.74. The Morgan fingerprint density at radius 2 is 2.11 bits per heavy atom. The molecule has 5 heteroatoms. The third kappa shape index (κ3) is 6.01. The minimum atomic E-state index is -0.858. The van der Waals surface area contributed by atoms with Crippen LogP contribution < -0.4 is 5.32 Å². The summed E-state index contributed by atoms with van der Waals surface area (Å²) in [6, 6.07) is 7.70. The van der Waals surface area contributed by atoms with Crippen molar-refractivity contribution < 1.29 is 14.7 Å². The molecular weight excluding hydrogens is 244 g/mol. The molecule has 1 amide bonds. The lowest BCUT2D eigenvalue weighted by molar-refractivity contribution is -0.137. The van der Waals surface area contributed by atoms with Crippen molar-refractivity contribution in [2.45, 2.75) is 19.8 Å². The van der Waals surface area contributed by atoms with Crippen LogP contribution in [0.5, 0.6) is 0 Å². The minimum Gasteiger partial charge on any atom is -0.481 e. The molecule has 0 bridgehead atoms. The van der Waals surface area contributed by atoms with E-state index in [1.807, 2.05) is 24.3 Å². The highest BCUT2D eigenvalue weighted by molar-refractivity contribution is 5.92. The molecule has 0 saturated heterocycles. The second-order valence-electron chi connectivity index (χ2n) is 4.48. The van der Waals surface area contributed by atoms with Crippen LogP contribution in [0.2, 0.25) is 0 Å². The van der Waals surface area contributed by atoms with Gasteiger partial charge in [0.25, 0.3) is 0 Å². The molecule has 0 fully saturated rings. The van der Waals surface area contributed by atoms with Crippen LogP contribution in [0.4, 0.5) is 5.69 Å². The first-order valence-electron chi connectivity index (χ1n) is 6.30. The van der Waals surface area contributed by atoms with Crippen molar-refractivity contribution in [3.63, 3.8) is 0 Å². The van der Waals surface area contributed by atoms with Crippen molar-refractivity contribution in [2.75, 3.05) is 25.5 Å². The number of likely N-dealkylation sites (N-methyl/N-ethyl adjacent to an activating group) is 1. The molecule has 1 aromatic rings. The molecule has 0 heterocycles. The van der Waals surface area contributed by atoms with Crippen molar-refractivity contribution in [2.24, 2.45) is 0 Å². The van der Waals surface area contributed by atoms with E-state index >= 15 is 0 Å². The molecule has 0 atom stereocenters. The smallest absolute Gasteiger partial charge is 0.304 e. The molecule has 0 spiro atoms. The van der Waals surface area contributed by atoms with Crippen molar-refractivity contribution in [3.8, 4) is 0 Å². The first-order chi connectivity index (χ1) is 9.01. The number of carbonyl (C=O) groups excluding carboxylic acids is 1. The van der Waals surface area contributed by atoms with Gasteiger partial charge in [-0.3, -0.25) is 14.5 Å². The van der Waals surface area contributed by atoms with E-state index in [4.69, 9.17) is 5.11 Å². The van der Waals surface area contributed by atoms with Crippen LogP contribution in [0.3, 0.4) is 0 Å². The zero-order chi connectivity index (χ0) is 14.3. The topological polar surface area (TPSA) is 69.6 Å². The first kappa shape index (κ1) is 15.2. The largest absolute Gasteiger partial charge is 0.481 e. The average molecular weight is 264 g/mol. The Hall–Kier alpha value is -1.88. The predicted octanol–water partition coefficient (Wildman–Crippen LogP) is 1.59. The maximum absolute atomic E-state index is 11.8. The molecule has 1 rings (SSSR count). The van der Waals surface area contributed by atoms with E-state index in [1.54, 1.807) is 11.9 Å². The summed E-state index contributed by atoms with van der Waals surface area (Å²) in [5.41, 5.74) is 1.94. The van der Waals surface area contributed by atoms with Gasteiger partial charge in [-0.15, -0.1) is 0 Å². The van der Waals surface area contributed by atoms with Gasteiger partial charge in [0.2, 0.25) is 5.91 Å². The molecule has 0 radical (unpaired) electrons. The van der Waals surface area contributed by atoms with Crippen LogP contribution in [-0.4, -0.2) is 42.0 Å². The number of hydrogen-bond donors (Lipinski definition) is 2. The number of amides is 1. The number of anilines is 1. The van der Waals surface area contributed by atoms with Crippen LogP contribution in [0.25, 0.3) is 0 Å². The second kappa shape index (κ2) is 7.53. The Balaban J connectivity index is 2.43. The lowest BCUT2D eigenvalue weighted by Gasteiger charge is -2.15. The highest BCUT2D eigenvalue weighted by Gasteiger charge is 2.08. The lowest BCUT2D eigenvalue weighted by atomic mass is 10.1. The van der Waals surface area contributed by atoms with Crippen molar-refractivity contribution >= 4 is 17.6 Å². The molecule has 0 unspecified atom stereocenters. The normalized spacial score (nSPS) is 10.5. The highest BCUT2D eigenvalue weighted by Crippen LogP contribution is 2.10. The van der Waals surface area contributed by atoms with Crippen molar-refractivity contribution in [3.05, 3.63) is 29.8 Å². The zero-order valence-electron chi connectivity index (χ0n) is 11.3. The summed E-state index contributed by atoms with van der Waals surface area (Å²) in [4.78, 5) is 23.9. The number of aryl methyl sites for hydroxylation is 1. The highest BCUT2D eigenvalue weighted by atomic mass is 16.4. The van der Waals surface area contributed by atoms with Crippen LogP contribution in [0.1, 0.15) is 18.9 Å². The average Bonchev–Trinajstić information content (AvgIpc) is 2.36. The Kier molecular flexibility index (Phi) is 6.02. The summed E-state index contributed by atoms with van der Waals surface area (Å²) < 4.78 is 0. The number of nitrogens with zero attached hydrogens (tertiary/aromatic N) is 1. The number of carboxylic acids is 1. The van der Waals surface area contributed by atoms with Gasteiger partial charge in [0, 0.05) is 12.2 Å². The van der Waals surface area contributed by atoms with Gasteiger partial charge < -0.3 is 10.4 Å². The summed E-state index contributed by atoms with van der Waals surface area (Å²) in [6.07, 6.45) is 0.956. The fourth-order valence-corrected chi connectivity index (χ4v) is 1.68. The van der Waals surface area contributed by atoms with Crippen LogP contribution in [0.15, 0.2) is 24.3 Å². The molecule has 104 valence electrons. The van der Waals surface area contributed by atoms with Gasteiger partial charge in [0.05, 0.1) is 13.0 Å². The fourth-order valence-electron chi connectivity index (χ4n) is 1.68. The van der Waals surface area contributed by atoms with E-state index in [0.717, 1.165) is 17.7 Å². The Morgan fingerprint density at radius 3 is 2.74 bits per heavy atom. The summed E-state index contributed by atoms with van der Waals surface area (Å²) in [7, 11) is 1.73. The molecule has 5 nitrogen and oxygen atoms in total. The van der Waals surface area contributed by atoms with Crippen molar-refractivity contribution in [1.82, 2.24) is 4.90 Å². The maximum atomic E-state index is 11.8. The van der Waals surface area contributed by atoms with Crippen LogP contribution >= 0.6 is 0 Å². The quantitative estimate of drug-likeness (QED) is 0.784. The predicted molar refractivity (Wildman–Crippen MR) is 74.2 cm³/mol. The Morgan fingerprint density at radius 1 is 1.37 bits per heavy atom. The van der Waals surface area contributed by atoms with Crippen LogP contribution in [-0.2, 0) is 16.0 Å². The van der Waals surface area contributed by atoms with Gasteiger partial charge in [-0.05, 0) is 31.2 Å². The fraction of sp³-hybridized carbons (Fsp3) is 0.429. The van der Waals surface area contributed by atoms with Gasteiger partial charge in [0.15, 0.2) is 0 Å². The second-order valence-corrected chi connectivity index (χ2v) is 4.48. The standard InChI is InChI=1S/C14H20N2O3/c1-3-11-5-4-6-12(9-11)15-13(17)10-16(2)8-7-14(18)19/h4-6,9H,3,7-8,10H2,1-2H3,(H,15,17)(H,18,19). The molecule has 19 heavy (non-hydrogen) atoms. The number of rotatable bonds is 7. The number of hydrogen-bond acceptors (Lipinski definition) is 3. The monoisotopic (exact) mass is 264 g/mol. The number of nitrogens with one attached hydrogen (secondary N) is 1. The summed E-state index contributed by atoms with van der Waals surface area (Å²) >= 11 is 0. The van der Waals surface area contributed by atoms with Gasteiger partial charge in [-0.2, -0.15) is 0 Å². The Labute approximate surface area is 113 Å². The van der Waals surface area contributed by atoms with E-state index in [1.165, 1.54) is 0 Å². The number of carboxylic acid groups (broad SMARTS) is 1. The molecule has 2 N–H and O–H groups in total. The SMILES string of the molecule is CCc1cccc(NC(=O)CN(C)CCC(=O)O)c1. The molecule has 0 aliphatic heterocycles. The number of aliphatic carboxylic acids is 1. The van der Waals surface area contributed by atoms with Crippen molar-refractivity contribution in [1.29, 1.82) is 0 Å². The van der Waals surface area contributed by atoms with Crippen LogP contribution in [0, 0.1) is 0 Å². The van der Waals surface area contributed by atoms with E-state index in [-0.39, 0.29) is 18.9 Å². The molecule has 0 saturated carbocycles. The number of benzene rings is 1. The molecular formula is C14H20N2O3. The molecule has 0 aromatic heterocycles. The van der Waals surface area contributed by atoms with Gasteiger partial charge in [-0.1, -0.05) is 19.1 Å². The van der Waals surface area contributed by atoms with Gasteiger partial charge in [-0.25, -0.2) is 0 Å². The summed E-state index contributed by atoms with van der Waals surface area (Å²) in [5.74, 6) is -0.996. The van der Waals surface area contributed by atoms with E-state index in [0.29, 0.717) is 6.54 Å². The molecule has 1 aromatic carbocycles. The van der Waals surface area contributed by atoms with E-state index in [9.17, 15) is 9.59 Å². The summed E-state index contributed by atoms with van der Waals surface area (Å²) in [6.45, 7) is 2.60. The molecule has 0 aliphatic rings. The third-order valence-electron chi connectivity index (χ3n) is 2.74. The minimum absolute atomic E-state index is 0.0368. The number of carbonyl (C=O) groups is 2. The lowest BCUT2D eigenvalue weighted by Crippen LogP contribution is -2.31. The first-order valence-corrected chi connectivity index (χ1v) is 6.30. The zero-order valence-corrected chi connectivity index (χ0v) is 11.3. The van der Waals surface area contributed by atoms with Gasteiger partial charge >= 0.3 is 5.97 Å². The Bertz CT molecular complexity index is 446. The summed E-state index contributed by atoms with van der Waals surface area (Å²) in [5, 5.41) is 11.4. The van der Waals surface area contributed by atoms with E-state index < -0.39 is 5.97 Å².